The highest BCUT2D eigenvalue weighted by Gasteiger charge is 2.13. The number of hydrogen-bond acceptors (Lipinski definition) is 2. The van der Waals surface area contributed by atoms with Crippen LogP contribution in [0, 0.1) is 0 Å². The molecule has 0 saturated carbocycles. The van der Waals surface area contributed by atoms with Gasteiger partial charge in [-0.25, -0.2) is 0 Å². The van der Waals surface area contributed by atoms with Crippen molar-refractivity contribution in [2.24, 2.45) is 0 Å². The second kappa shape index (κ2) is 7.33. The van der Waals surface area contributed by atoms with Crippen molar-refractivity contribution in [1.29, 1.82) is 0 Å². The molecule has 1 amide bonds. The highest BCUT2D eigenvalue weighted by molar-refractivity contribution is 9.09. The van der Waals surface area contributed by atoms with Gasteiger partial charge < -0.3 is 10.0 Å². The molecular formula is C13H18BrNO2. The fourth-order valence-corrected chi connectivity index (χ4v) is 1.90. The zero-order chi connectivity index (χ0) is 12.7. The largest absolute Gasteiger partial charge is 0.508 e. The van der Waals surface area contributed by atoms with Crippen molar-refractivity contribution in [3.8, 4) is 5.75 Å². The van der Waals surface area contributed by atoms with Gasteiger partial charge >= 0.3 is 0 Å². The standard InChI is InChI=1S/C13H18BrNO2/c1-2-15(9-5-8-14)13(17)10-11-6-3-4-7-12(11)16/h3-4,6-7,16H,2,5,8-10H2,1H3. The van der Waals surface area contributed by atoms with Crippen molar-refractivity contribution in [3.63, 3.8) is 0 Å². The van der Waals surface area contributed by atoms with Crippen molar-refractivity contribution in [3.05, 3.63) is 29.8 Å². The quantitative estimate of drug-likeness (QED) is 0.820. The van der Waals surface area contributed by atoms with Gasteiger partial charge in [-0.3, -0.25) is 4.79 Å². The molecule has 0 aromatic heterocycles. The van der Waals surface area contributed by atoms with E-state index in [1.165, 1.54) is 0 Å². The Hall–Kier alpha value is -1.03. The van der Waals surface area contributed by atoms with Crippen molar-refractivity contribution < 1.29 is 9.90 Å². The van der Waals surface area contributed by atoms with Gasteiger partial charge in [0, 0.05) is 24.0 Å². The van der Waals surface area contributed by atoms with E-state index in [1.807, 2.05) is 17.9 Å². The Morgan fingerprint density at radius 3 is 2.71 bits per heavy atom. The number of halogens is 1. The summed E-state index contributed by atoms with van der Waals surface area (Å²) < 4.78 is 0. The van der Waals surface area contributed by atoms with E-state index in [-0.39, 0.29) is 18.1 Å². The molecule has 0 spiro atoms. The maximum absolute atomic E-state index is 12.0. The van der Waals surface area contributed by atoms with Gasteiger partial charge in [0.15, 0.2) is 0 Å². The van der Waals surface area contributed by atoms with Crippen LogP contribution in [-0.4, -0.2) is 34.3 Å². The Balaban J connectivity index is 2.61. The van der Waals surface area contributed by atoms with Crippen LogP contribution >= 0.6 is 15.9 Å². The molecule has 3 nitrogen and oxygen atoms in total. The number of carbonyl (C=O) groups excluding carboxylic acids is 1. The first-order chi connectivity index (χ1) is 8.19. The highest BCUT2D eigenvalue weighted by atomic mass is 79.9. The number of amides is 1. The molecular weight excluding hydrogens is 282 g/mol. The lowest BCUT2D eigenvalue weighted by Crippen LogP contribution is -2.33. The minimum atomic E-state index is 0.0648. The Labute approximate surface area is 111 Å². The van der Waals surface area contributed by atoms with Crippen LogP contribution in [0.1, 0.15) is 18.9 Å². The first kappa shape index (κ1) is 14.0. The SMILES string of the molecule is CCN(CCCBr)C(=O)Cc1ccccc1O. The third-order valence-electron chi connectivity index (χ3n) is 2.63. The Bertz CT molecular complexity index is 368. The average Bonchev–Trinajstić information content (AvgIpc) is 2.33. The average molecular weight is 300 g/mol. The number of phenolic OH excluding ortho intramolecular Hbond substituents is 1. The van der Waals surface area contributed by atoms with E-state index in [1.54, 1.807) is 18.2 Å². The molecule has 0 radical (unpaired) electrons. The second-order valence-corrected chi connectivity index (χ2v) is 4.61. The Morgan fingerprint density at radius 1 is 1.41 bits per heavy atom. The number of rotatable bonds is 6. The van der Waals surface area contributed by atoms with E-state index in [0.717, 1.165) is 18.3 Å². The fourth-order valence-electron chi connectivity index (χ4n) is 1.64. The molecule has 0 bridgehead atoms. The molecule has 4 heteroatoms. The summed E-state index contributed by atoms with van der Waals surface area (Å²) in [5.41, 5.74) is 0.690. The number of carbonyl (C=O) groups is 1. The summed E-state index contributed by atoms with van der Waals surface area (Å²) in [7, 11) is 0. The van der Waals surface area contributed by atoms with E-state index in [9.17, 15) is 9.90 Å². The Morgan fingerprint density at radius 2 is 2.12 bits per heavy atom. The number of phenols is 1. The first-order valence-corrected chi connectivity index (χ1v) is 6.91. The minimum absolute atomic E-state index is 0.0648. The molecule has 0 saturated heterocycles. The van der Waals surface area contributed by atoms with Crippen molar-refractivity contribution >= 4 is 21.8 Å². The predicted octanol–water partition coefficient (Wildman–Crippen LogP) is 2.57. The summed E-state index contributed by atoms with van der Waals surface area (Å²) in [5.74, 6) is 0.257. The van der Waals surface area contributed by atoms with Gasteiger partial charge in [0.05, 0.1) is 6.42 Å². The summed E-state index contributed by atoms with van der Waals surface area (Å²) in [6.45, 7) is 3.44. The van der Waals surface area contributed by atoms with Gasteiger partial charge in [-0.2, -0.15) is 0 Å². The summed E-state index contributed by atoms with van der Waals surface area (Å²) in [6.07, 6.45) is 1.21. The number of para-hydroxylation sites is 1. The molecule has 1 N–H and O–H groups in total. The summed E-state index contributed by atoms with van der Waals surface area (Å²) in [4.78, 5) is 13.8. The van der Waals surface area contributed by atoms with Crippen LogP contribution in [0.4, 0.5) is 0 Å². The van der Waals surface area contributed by atoms with Crippen molar-refractivity contribution in [1.82, 2.24) is 4.90 Å². The van der Waals surface area contributed by atoms with Gasteiger partial charge in [-0.1, -0.05) is 34.1 Å². The zero-order valence-corrected chi connectivity index (χ0v) is 11.6. The van der Waals surface area contributed by atoms with Crippen LogP contribution in [-0.2, 0) is 11.2 Å². The second-order valence-electron chi connectivity index (χ2n) is 3.82. The molecule has 0 aliphatic rings. The number of nitrogens with zero attached hydrogens (tertiary/aromatic N) is 1. The lowest BCUT2D eigenvalue weighted by atomic mass is 10.1. The monoisotopic (exact) mass is 299 g/mol. The van der Waals surface area contributed by atoms with E-state index in [0.29, 0.717) is 12.1 Å². The molecule has 1 aromatic carbocycles. The van der Waals surface area contributed by atoms with E-state index in [2.05, 4.69) is 15.9 Å². The third kappa shape index (κ3) is 4.38. The molecule has 17 heavy (non-hydrogen) atoms. The van der Waals surface area contributed by atoms with Crippen molar-refractivity contribution in [2.45, 2.75) is 19.8 Å². The van der Waals surface area contributed by atoms with Crippen LogP contribution in [0.25, 0.3) is 0 Å². The highest BCUT2D eigenvalue weighted by Crippen LogP contribution is 2.16. The summed E-state index contributed by atoms with van der Waals surface area (Å²) in [6, 6.07) is 6.98. The van der Waals surface area contributed by atoms with Crippen molar-refractivity contribution in [2.75, 3.05) is 18.4 Å². The number of aromatic hydroxyl groups is 1. The molecule has 0 heterocycles. The maximum atomic E-state index is 12.0. The smallest absolute Gasteiger partial charge is 0.227 e. The van der Waals surface area contributed by atoms with Crippen LogP contribution in [0.3, 0.4) is 0 Å². The Kier molecular flexibility index (Phi) is 6.05. The van der Waals surface area contributed by atoms with Gasteiger partial charge in [-0.05, 0) is 19.4 Å². The number of likely N-dealkylation sites (N-methyl/N-ethyl adjacent to an activating group) is 1. The van der Waals surface area contributed by atoms with E-state index in [4.69, 9.17) is 0 Å². The molecule has 0 aliphatic heterocycles. The minimum Gasteiger partial charge on any atom is -0.508 e. The summed E-state index contributed by atoms with van der Waals surface area (Å²) in [5, 5.41) is 10.5. The topological polar surface area (TPSA) is 40.5 Å². The predicted molar refractivity (Wildman–Crippen MR) is 72.5 cm³/mol. The number of benzene rings is 1. The molecule has 0 aliphatic carbocycles. The van der Waals surface area contributed by atoms with E-state index < -0.39 is 0 Å². The maximum Gasteiger partial charge on any atom is 0.227 e. The van der Waals surface area contributed by atoms with Crippen LogP contribution in [0.5, 0.6) is 5.75 Å². The molecule has 0 fully saturated rings. The lowest BCUT2D eigenvalue weighted by molar-refractivity contribution is -0.130. The number of hydrogen-bond donors (Lipinski definition) is 1. The van der Waals surface area contributed by atoms with Crippen LogP contribution in [0.15, 0.2) is 24.3 Å². The van der Waals surface area contributed by atoms with Gasteiger partial charge in [0.25, 0.3) is 0 Å². The van der Waals surface area contributed by atoms with Gasteiger partial charge in [-0.15, -0.1) is 0 Å². The number of alkyl halides is 1. The molecule has 0 unspecified atom stereocenters. The van der Waals surface area contributed by atoms with Crippen LogP contribution in [0.2, 0.25) is 0 Å². The normalized spacial score (nSPS) is 10.2. The third-order valence-corrected chi connectivity index (χ3v) is 3.19. The fraction of sp³-hybridized carbons (Fsp3) is 0.462. The first-order valence-electron chi connectivity index (χ1n) is 5.79. The van der Waals surface area contributed by atoms with Gasteiger partial charge in [0.2, 0.25) is 5.91 Å². The molecule has 0 atom stereocenters. The van der Waals surface area contributed by atoms with Gasteiger partial charge in [0.1, 0.15) is 5.75 Å². The molecule has 1 aromatic rings. The molecule has 1 rings (SSSR count). The van der Waals surface area contributed by atoms with E-state index >= 15 is 0 Å². The zero-order valence-electron chi connectivity index (χ0n) is 10.0. The molecule has 94 valence electrons. The lowest BCUT2D eigenvalue weighted by Gasteiger charge is -2.20. The summed E-state index contributed by atoms with van der Waals surface area (Å²) >= 11 is 3.36. The van der Waals surface area contributed by atoms with Crippen LogP contribution < -0.4 is 0 Å².